The average Bonchev–Trinajstić information content (AvgIpc) is 2.69. The van der Waals surface area contributed by atoms with Crippen LogP contribution in [0.5, 0.6) is 0 Å². The average molecular weight is 539 g/mol. The van der Waals surface area contributed by atoms with Gasteiger partial charge in [0.25, 0.3) is 5.69 Å². The molecule has 0 saturated heterocycles. The van der Waals surface area contributed by atoms with E-state index in [2.05, 4.69) is 33.1 Å². The Morgan fingerprint density at radius 2 is 1.65 bits per heavy atom. The first-order valence-electron chi connectivity index (χ1n) is 9.83. The molecule has 2 aromatic rings. The summed E-state index contributed by atoms with van der Waals surface area (Å²) in [5.74, 6) is 0.378. The number of benzene rings is 2. The number of nitrogens with one attached hydrogen (secondary N) is 3. The second kappa shape index (κ2) is 12.9. The largest absolute Gasteiger partial charge is 0.356 e. The topological polar surface area (TPSA) is 109 Å². The third kappa shape index (κ3) is 10.8. The van der Waals surface area contributed by atoms with Gasteiger partial charge in [-0.25, -0.2) is 4.99 Å². The van der Waals surface area contributed by atoms with Crippen LogP contribution in [0.4, 0.5) is 5.69 Å². The summed E-state index contributed by atoms with van der Waals surface area (Å²) in [4.78, 5) is 27.0. The zero-order chi connectivity index (χ0) is 22.0. The third-order valence-corrected chi connectivity index (χ3v) is 4.05. The minimum absolute atomic E-state index is 0. The van der Waals surface area contributed by atoms with Gasteiger partial charge in [0, 0.05) is 24.2 Å². The minimum Gasteiger partial charge on any atom is -0.356 e. The van der Waals surface area contributed by atoms with Crippen LogP contribution in [-0.4, -0.2) is 35.4 Å². The third-order valence-electron chi connectivity index (χ3n) is 4.05. The predicted molar refractivity (Wildman–Crippen MR) is 134 cm³/mol. The van der Waals surface area contributed by atoms with Gasteiger partial charge < -0.3 is 16.0 Å². The quantitative estimate of drug-likeness (QED) is 0.157. The van der Waals surface area contributed by atoms with Gasteiger partial charge in [-0.2, -0.15) is 0 Å². The van der Waals surface area contributed by atoms with Gasteiger partial charge in [-0.15, -0.1) is 24.0 Å². The molecule has 168 valence electrons. The van der Waals surface area contributed by atoms with Crippen molar-refractivity contribution in [2.24, 2.45) is 4.99 Å². The highest BCUT2D eigenvalue weighted by Crippen LogP contribution is 2.12. The molecule has 8 nitrogen and oxygen atoms in total. The molecule has 0 aromatic heterocycles. The number of non-ortho nitro benzene ring substituents is 1. The summed E-state index contributed by atoms with van der Waals surface area (Å²) in [5.41, 5.74) is 1.77. The van der Waals surface area contributed by atoms with Crippen LogP contribution in [0.25, 0.3) is 0 Å². The number of rotatable bonds is 8. The Kier molecular flexibility index (Phi) is 10.9. The van der Waals surface area contributed by atoms with Crippen molar-refractivity contribution >= 4 is 41.5 Å². The van der Waals surface area contributed by atoms with Crippen molar-refractivity contribution in [3.8, 4) is 0 Å². The van der Waals surface area contributed by atoms with Gasteiger partial charge in [0.15, 0.2) is 5.96 Å². The molecule has 0 aliphatic rings. The number of carbonyl (C=O) groups is 1. The Morgan fingerprint density at radius 3 is 2.23 bits per heavy atom. The van der Waals surface area contributed by atoms with Crippen LogP contribution in [0, 0.1) is 10.1 Å². The van der Waals surface area contributed by atoms with E-state index in [0.717, 1.165) is 12.0 Å². The van der Waals surface area contributed by atoms with Crippen LogP contribution in [-0.2, 0) is 17.8 Å². The highest BCUT2D eigenvalue weighted by atomic mass is 127. The van der Waals surface area contributed by atoms with E-state index in [-0.39, 0.29) is 47.7 Å². The molecule has 0 aliphatic heterocycles. The first kappa shape index (κ1) is 26.3. The summed E-state index contributed by atoms with van der Waals surface area (Å²) in [6, 6.07) is 16.3. The monoisotopic (exact) mass is 539 g/mol. The van der Waals surface area contributed by atoms with Gasteiger partial charge in [0.05, 0.1) is 18.0 Å². The zero-order valence-electron chi connectivity index (χ0n) is 18.1. The lowest BCUT2D eigenvalue weighted by molar-refractivity contribution is -0.384. The molecule has 9 heteroatoms. The summed E-state index contributed by atoms with van der Waals surface area (Å²) in [5, 5.41) is 20.0. The molecule has 3 N–H and O–H groups in total. The molecule has 0 atom stereocenters. The fraction of sp³-hybridized carbons (Fsp3) is 0.364. The van der Waals surface area contributed by atoms with E-state index in [0.29, 0.717) is 19.0 Å². The van der Waals surface area contributed by atoms with E-state index in [9.17, 15) is 14.9 Å². The number of carbonyl (C=O) groups excluding carboxylic acids is 1. The first-order chi connectivity index (χ1) is 14.2. The van der Waals surface area contributed by atoms with Crippen LogP contribution in [0.2, 0.25) is 0 Å². The maximum atomic E-state index is 12.1. The van der Waals surface area contributed by atoms with E-state index in [4.69, 9.17) is 0 Å². The van der Waals surface area contributed by atoms with Gasteiger partial charge in [0.1, 0.15) is 0 Å². The molecule has 0 bridgehead atoms. The molecule has 31 heavy (non-hydrogen) atoms. The Balaban J connectivity index is 0.00000480. The summed E-state index contributed by atoms with van der Waals surface area (Å²) in [6.07, 6.45) is 0.813. The van der Waals surface area contributed by atoms with Crippen molar-refractivity contribution in [2.45, 2.75) is 39.3 Å². The van der Waals surface area contributed by atoms with Gasteiger partial charge in [-0.1, -0.05) is 42.5 Å². The van der Waals surface area contributed by atoms with Crippen LogP contribution >= 0.6 is 24.0 Å². The first-order valence-corrected chi connectivity index (χ1v) is 9.83. The van der Waals surface area contributed by atoms with Crippen molar-refractivity contribution in [1.82, 2.24) is 16.0 Å². The lowest BCUT2D eigenvalue weighted by Gasteiger charge is -2.21. The number of hydrogen-bond acceptors (Lipinski definition) is 4. The smallest absolute Gasteiger partial charge is 0.269 e. The molecule has 0 unspecified atom stereocenters. The number of guanidine groups is 1. The number of nitro benzene ring substituents is 1. The van der Waals surface area contributed by atoms with E-state index in [1.54, 1.807) is 12.1 Å². The zero-order valence-corrected chi connectivity index (χ0v) is 20.4. The molecule has 0 aliphatic carbocycles. The van der Waals surface area contributed by atoms with Crippen molar-refractivity contribution in [1.29, 1.82) is 0 Å². The maximum Gasteiger partial charge on any atom is 0.269 e. The molecule has 0 heterocycles. The number of amides is 1. The number of nitro groups is 1. The van der Waals surface area contributed by atoms with E-state index < -0.39 is 4.92 Å². The van der Waals surface area contributed by atoms with Crippen molar-refractivity contribution in [3.63, 3.8) is 0 Å². The molecular weight excluding hydrogens is 509 g/mol. The summed E-state index contributed by atoms with van der Waals surface area (Å²) in [7, 11) is 0. The normalized spacial score (nSPS) is 11.3. The Labute approximate surface area is 200 Å². The molecule has 2 rings (SSSR count). The van der Waals surface area contributed by atoms with Crippen molar-refractivity contribution < 1.29 is 9.72 Å². The summed E-state index contributed by atoms with van der Waals surface area (Å²) < 4.78 is 0. The maximum absolute atomic E-state index is 12.1. The Morgan fingerprint density at radius 1 is 1.00 bits per heavy atom. The highest BCUT2D eigenvalue weighted by molar-refractivity contribution is 14.0. The fourth-order valence-electron chi connectivity index (χ4n) is 2.66. The molecule has 2 aromatic carbocycles. The lowest BCUT2D eigenvalue weighted by Crippen LogP contribution is -2.48. The highest BCUT2D eigenvalue weighted by Gasteiger charge is 2.13. The molecule has 1 amide bonds. The number of nitrogens with zero attached hydrogens (tertiary/aromatic N) is 2. The number of hydrogen-bond donors (Lipinski definition) is 3. The second-order valence-electron chi connectivity index (χ2n) is 7.90. The molecule has 0 saturated carbocycles. The second-order valence-corrected chi connectivity index (χ2v) is 7.90. The summed E-state index contributed by atoms with van der Waals surface area (Å²) >= 11 is 0. The Hall–Kier alpha value is -2.69. The fourth-order valence-corrected chi connectivity index (χ4v) is 2.66. The number of aliphatic imine (C=N–C) groups is 1. The minimum atomic E-state index is -0.432. The molecule has 0 spiro atoms. The van der Waals surface area contributed by atoms with Crippen LogP contribution in [0.15, 0.2) is 59.6 Å². The van der Waals surface area contributed by atoms with E-state index in [1.807, 2.05) is 39.0 Å². The van der Waals surface area contributed by atoms with Crippen molar-refractivity contribution in [2.75, 3.05) is 13.1 Å². The number of halogens is 1. The van der Waals surface area contributed by atoms with E-state index >= 15 is 0 Å². The lowest BCUT2D eigenvalue weighted by atomic mass is 10.1. The van der Waals surface area contributed by atoms with Crippen LogP contribution in [0.3, 0.4) is 0 Å². The van der Waals surface area contributed by atoms with E-state index in [1.165, 1.54) is 17.7 Å². The van der Waals surface area contributed by atoms with Crippen LogP contribution < -0.4 is 16.0 Å². The summed E-state index contributed by atoms with van der Waals surface area (Å²) in [6.45, 7) is 6.84. The van der Waals surface area contributed by atoms with Gasteiger partial charge in [-0.3, -0.25) is 14.9 Å². The van der Waals surface area contributed by atoms with Gasteiger partial charge in [-0.05, 0) is 38.3 Å². The van der Waals surface area contributed by atoms with Crippen molar-refractivity contribution in [3.05, 3.63) is 75.8 Å². The molecular formula is C22H30IN5O3. The van der Waals surface area contributed by atoms with Gasteiger partial charge >= 0.3 is 0 Å². The molecule has 0 radical (unpaired) electrons. The van der Waals surface area contributed by atoms with Crippen LogP contribution in [0.1, 0.15) is 31.9 Å². The standard InChI is InChI=1S/C22H29N5O3.HI/c1-22(2,3)26-20(28)16-25-21(23-14-13-17-7-5-4-6-8-17)24-15-18-9-11-19(12-10-18)27(29)30;/h4-12H,13-16H2,1-3H3,(H,26,28)(H2,23,24,25);1H. The predicted octanol–water partition coefficient (Wildman–Crippen LogP) is 3.41. The SMILES string of the molecule is CC(C)(C)NC(=O)CNC(=NCc1ccc([N+](=O)[O-])cc1)NCCc1ccccc1.I. The van der Waals surface area contributed by atoms with Gasteiger partial charge in [0.2, 0.25) is 5.91 Å². The molecule has 0 fully saturated rings. The Bertz CT molecular complexity index is 865.